The Bertz CT molecular complexity index is 1080. The molecule has 3 rings (SSSR count). The van der Waals surface area contributed by atoms with Gasteiger partial charge in [-0.1, -0.05) is 5.16 Å². The van der Waals surface area contributed by atoms with Gasteiger partial charge in [-0.2, -0.15) is 4.31 Å². The summed E-state index contributed by atoms with van der Waals surface area (Å²) in [6, 6.07) is 2.52. The Labute approximate surface area is 178 Å². The molecular weight excluding hydrogens is 434 g/mol. The van der Waals surface area contributed by atoms with Gasteiger partial charge in [-0.25, -0.2) is 17.2 Å². The van der Waals surface area contributed by atoms with Gasteiger partial charge in [0.2, 0.25) is 15.9 Å². The van der Waals surface area contributed by atoms with Crippen molar-refractivity contribution in [3.63, 3.8) is 0 Å². The highest BCUT2D eigenvalue weighted by atomic mass is 32.2. The predicted octanol–water partition coefficient (Wildman–Crippen LogP) is 1.22. The summed E-state index contributed by atoms with van der Waals surface area (Å²) in [5.74, 6) is -2.92. The first-order chi connectivity index (χ1) is 14.6. The topological polar surface area (TPSA) is 113 Å². The first-order valence-corrected chi connectivity index (χ1v) is 11.0. The number of halogens is 2. The summed E-state index contributed by atoms with van der Waals surface area (Å²) in [4.78, 5) is 26.0. The quantitative estimate of drug-likeness (QED) is 0.724. The molecule has 1 aliphatic heterocycles. The molecule has 1 aliphatic rings. The van der Waals surface area contributed by atoms with Crippen LogP contribution in [0.2, 0.25) is 0 Å². The Kier molecular flexibility index (Phi) is 6.70. The number of sulfonamides is 1. The molecular formula is C19H22F2N4O5S. The standard InChI is InChI=1S/C19H22F2N4O5S/c1-12-18(13(2)30-23-12)31(28,29)25-7-3-6-24(8-9-25)17(26)11-22-19(27)15-5-4-14(20)10-16(15)21/h4-5,10H,3,6-9,11H2,1-2H3,(H,22,27). The average Bonchev–Trinajstić information content (AvgIpc) is 2.91. The monoisotopic (exact) mass is 456 g/mol. The second-order valence-electron chi connectivity index (χ2n) is 7.10. The fraction of sp³-hybridized carbons (Fsp3) is 0.421. The van der Waals surface area contributed by atoms with Crippen LogP contribution in [0.15, 0.2) is 27.6 Å². The summed E-state index contributed by atoms with van der Waals surface area (Å²) >= 11 is 0. The lowest BCUT2D eigenvalue weighted by Crippen LogP contribution is -2.42. The van der Waals surface area contributed by atoms with Gasteiger partial charge in [-0.15, -0.1) is 0 Å². The number of hydrogen-bond acceptors (Lipinski definition) is 6. The van der Waals surface area contributed by atoms with E-state index in [0.29, 0.717) is 19.0 Å². The Hall–Kier alpha value is -2.86. The fourth-order valence-electron chi connectivity index (χ4n) is 3.39. The zero-order valence-electron chi connectivity index (χ0n) is 17.0. The van der Waals surface area contributed by atoms with Crippen molar-refractivity contribution in [1.82, 2.24) is 19.7 Å². The Balaban J connectivity index is 1.60. The number of carbonyl (C=O) groups excluding carboxylic acids is 2. The maximum Gasteiger partial charge on any atom is 0.254 e. The van der Waals surface area contributed by atoms with E-state index >= 15 is 0 Å². The zero-order chi connectivity index (χ0) is 22.8. The molecule has 2 heterocycles. The molecule has 0 atom stereocenters. The smallest absolute Gasteiger partial charge is 0.254 e. The van der Waals surface area contributed by atoms with Crippen molar-refractivity contribution in [3.05, 3.63) is 46.9 Å². The molecule has 0 bridgehead atoms. The molecule has 0 spiro atoms. The van der Waals surface area contributed by atoms with E-state index in [0.717, 1.165) is 12.1 Å². The Morgan fingerprint density at radius 1 is 1.16 bits per heavy atom. The molecule has 0 saturated carbocycles. The van der Waals surface area contributed by atoms with Gasteiger partial charge in [-0.05, 0) is 32.4 Å². The number of aromatic nitrogens is 1. The summed E-state index contributed by atoms with van der Waals surface area (Å²) in [6.07, 6.45) is 0.398. The first kappa shape index (κ1) is 22.8. The third kappa shape index (κ3) is 4.90. The van der Waals surface area contributed by atoms with Crippen molar-refractivity contribution in [3.8, 4) is 0 Å². The first-order valence-electron chi connectivity index (χ1n) is 9.55. The van der Waals surface area contributed by atoms with Crippen molar-refractivity contribution in [2.45, 2.75) is 25.2 Å². The minimum atomic E-state index is -3.83. The molecule has 0 aliphatic carbocycles. The van der Waals surface area contributed by atoms with E-state index in [9.17, 15) is 26.8 Å². The summed E-state index contributed by atoms with van der Waals surface area (Å²) in [5.41, 5.74) is -0.104. The number of amides is 2. The summed E-state index contributed by atoms with van der Waals surface area (Å²) in [6.45, 7) is 3.38. The van der Waals surface area contributed by atoms with Crippen LogP contribution in [0.3, 0.4) is 0 Å². The van der Waals surface area contributed by atoms with Crippen molar-refractivity contribution in [2.75, 3.05) is 32.7 Å². The van der Waals surface area contributed by atoms with E-state index < -0.39 is 40.0 Å². The normalized spacial score (nSPS) is 15.5. The zero-order valence-corrected chi connectivity index (χ0v) is 17.8. The molecule has 2 aromatic rings. The summed E-state index contributed by atoms with van der Waals surface area (Å²) in [5, 5.41) is 6.00. The largest absolute Gasteiger partial charge is 0.360 e. The maximum atomic E-state index is 13.7. The second-order valence-corrected chi connectivity index (χ2v) is 8.97. The molecule has 1 N–H and O–H groups in total. The molecule has 31 heavy (non-hydrogen) atoms. The van der Waals surface area contributed by atoms with E-state index in [-0.39, 0.29) is 41.5 Å². The third-order valence-corrected chi connectivity index (χ3v) is 7.09. The number of benzene rings is 1. The molecule has 12 heteroatoms. The van der Waals surface area contributed by atoms with Crippen LogP contribution in [0.4, 0.5) is 8.78 Å². The fourth-order valence-corrected chi connectivity index (χ4v) is 5.15. The van der Waals surface area contributed by atoms with Crippen molar-refractivity contribution in [2.24, 2.45) is 0 Å². The number of hydrogen-bond donors (Lipinski definition) is 1. The van der Waals surface area contributed by atoms with Crippen LogP contribution in [0, 0.1) is 25.5 Å². The lowest BCUT2D eigenvalue weighted by Gasteiger charge is -2.22. The van der Waals surface area contributed by atoms with Crippen LogP contribution in [-0.4, -0.2) is 67.3 Å². The Morgan fingerprint density at radius 2 is 1.90 bits per heavy atom. The van der Waals surface area contributed by atoms with Gasteiger partial charge in [-0.3, -0.25) is 9.59 Å². The van der Waals surface area contributed by atoms with Crippen molar-refractivity contribution >= 4 is 21.8 Å². The van der Waals surface area contributed by atoms with Crippen LogP contribution in [0.1, 0.15) is 28.2 Å². The van der Waals surface area contributed by atoms with Gasteiger partial charge in [0.05, 0.1) is 12.1 Å². The third-order valence-electron chi connectivity index (χ3n) is 4.95. The highest BCUT2D eigenvalue weighted by molar-refractivity contribution is 7.89. The van der Waals surface area contributed by atoms with Crippen LogP contribution in [-0.2, 0) is 14.8 Å². The molecule has 2 amide bonds. The van der Waals surface area contributed by atoms with Gasteiger partial charge in [0.15, 0.2) is 5.76 Å². The number of nitrogens with one attached hydrogen (secondary N) is 1. The Morgan fingerprint density at radius 3 is 2.55 bits per heavy atom. The van der Waals surface area contributed by atoms with Gasteiger partial charge < -0.3 is 14.7 Å². The summed E-state index contributed by atoms with van der Waals surface area (Å²) < 4.78 is 58.8. The second kappa shape index (κ2) is 9.10. The van der Waals surface area contributed by atoms with Gasteiger partial charge >= 0.3 is 0 Å². The molecule has 9 nitrogen and oxygen atoms in total. The van der Waals surface area contributed by atoms with Crippen LogP contribution in [0.5, 0.6) is 0 Å². The predicted molar refractivity (Wildman–Crippen MR) is 105 cm³/mol. The van der Waals surface area contributed by atoms with E-state index in [1.54, 1.807) is 6.92 Å². The number of nitrogens with zero attached hydrogens (tertiary/aromatic N) is 3. The van der Waals surface area contributed by atoms with E-state index in [1.807, 2.05) is 0 Å². The van der Waals surface area contributed by atoms with Crippen molar-refractivity contribution in [1.29, 1.82) is 0 Å². The maximum absolute atomic E-state index is 13.7. The minimum absolute atomic E-state index is 0.0286. The molecule has 1 saturated heterocycles. The van der Waals surface area contributed by atoms with Crippen LogP contribution >= 0.6 is 0 Å². The SMILES string of the molecule is Cc1noc(C)c1S(=O)(=O)N1CCCN(C(=O)CNC(=O)c2ccc(F)cc2F)CC1. The molecule has 0 radical (unpaired) electrons. The van der Waals surface area contributed by atoms with E-state index in [4.69, 9.17) is 4.52 Å². The van der Waals surface area contributed by atoms with Crippen LogP contribution in [0.25, 0.3) is 0 Å². The molecule has 1 fully saturated rings. The number of carbonyl (C=O) groups is 2. The van der Waals surface area contributed by atoms with Crippen LogP contribution < -0.4 is 5.32 Å². The van der Waals surface area contributed by atoms with Gasteiger partial charge in [0.1, 0.15) is 22.2 Å². The highest BCUT2D eigenvalue weighted by Crippen LogP contribution is 2.24. The molecule has 1 aromatic carbocycles. The minimum Gasteiger partial charge on any atom is -0.360 e. The van der Waals surface area contributed by atoms with E-state index in [2.05, 4.69) is 10.5 Å². The lowest BCUT2D eigenvalue weighted by atomic mass is 10.2. The molecule has 1 aromatic heterocycles. The average molecular weight is 456 g/mol. The number of rotatable bonds is 5. The molecule has 168 valence electrons. The van der Waals surface area contributed by atoms with Gasteiger partial charge in [0, 0.05) is 32.2 Å². The van der Waals surface area contributed by atoms with Gasteiger partial charge in [0.25, 0.3) is 5.91 Å². The summed E-state index contributed by atoms with van der Waals surface area (Å²) in [7, 11) is -3.83. The number of aryl methyl sites for hydroxylation is 2. The highest BCUT2D eigenvalue weighted by Gasteiger charge is 2.33. The van der Waals surface area contributed by atoms with Crippen molar-refractivity contribution < 1.29 is 31.3 Å². The lowest BCUT2D eigenvalue weighted by molar-refractivity contribution is -0.129. The molecule has 0 unspecified atom stereocenters. The van der Waals surface area contributed by atoms with E-state index in [1.165, 1.54) is 16.1 Å².